The first kappa shape index (κ1) is 21.6. The maximum absolute atomic E-state index is 12.2. The van der Waals surface area contributed by atoms with Gasteiger partial charge in [-0.25, -0.2) is 4.79 Å². The van der Waals surface area contributed by atoms with Gasteiger partial charge < -0.3 is 19.9 Å². The number of nitrogens with two attached hydrogens (primary N) is 1. The molecule has 1 aliphatic heterocycles. The number of hydrogen-bond donors (Lipinski definition) is 1. The van der Waals surface area contributed by atoms with Crippen molar-refractivity contribution in [1.29, 1.82) is 0 Å². The molecule has 154 valence electrons. The lowest BCUT2D eigenvalue weighted by Crippen LogP contribution is -2.45. The van der Waals surface area contributed by atoms with Gasteiger partial charge in [-0.15, -0.1) is 0 Å². The number of ether oxygens (including phenoxy) is 3. The Kier molecular flexibility index (Phi) is 6.60. The summed E-state index contributed by atoms with van der Waals surface area (Å²) in [5.74, 6) is -1.46. The average molecular weight is 393 g/mol. The van der Waals surface area contributed by atoms with Gasteiger partial charge in [-0.2, -0.15) is 4.98 Å². The summed E-state index contributed by atoms with van der Waals surface area (Å²) in [6, 6.07) is 1.46. The minimum absolute atomic E-state index is 0.0860. The van der Waals surface area contributed by atoms with Crippen LogP contribution >= 0.6 is 0 Å². The van der Waals surface area contributed by atoms with Gasteiger partial charge in [0.05, 0.1) is 11.8 Å². The molecule has 0 saturated carbocycles. The first-order chi connectivity index (χ1) is 13.1. The normalized spacial score (nSPS) is 24.4. The molecule has 0 aliphatic carbocycles. The number of rotatable bonds is 7. The standard InChI is InChI=1S/C19H27N3O6/c1-6-19(10-26-16(23)11(2)3)13(27-17(24)12(4)5)9-15(28-19)22-8-7-14(20)21-18(22)25/h6-8,11-13,15H,1,9-10H2,2-5H3,(H2,20,21,25)/t13-,15+,19+/m0/s1. The molecule has 0 amide bonds. The van der Waals surface area contributed by atoms with E-state index >= 15 is 0 Å². The van der Waals surface area contributed by atoms with Crippen LogP contribution in [0.3, 0.4) is 0 Å². The smallest absolute Gasteiger partial charge is 0.351 e. The number of aromatic nitrogens is 2. The quantitative estimate of drug-likeness (QED) is 0.545. The summed E-state index contributed by atoms with van der Waals surface area (Å²) in [5.41, 5.74) is 3.64. The minimum atomic E-state index is -1.29. The SMILES string of the molecule is C=C[C@]1(COC(=O)C(C)C)O[C@@H](n2ccc(N)nc2=O)C[C@@H]1OC(=O)C(C)C. The summed E-state index contributed by atoms with van der Waals surface area (Å²) in [6.07, 6.45) is 1.47. The van der Waals surface area contributed by atoms with Crippen molar-refractivity contribution in [2.24, 2.45) is 11.8 Å². The van der Waals surface area contributed by atoms with Crippen molar-refractivity contribution >= 4 is 17.8 Å². The predicted octanol–water partition coefficient (Wildman–Crippen LogP) is 1.44. The molecule has 9 heteroatoms. The van der Waals surface area contributed by atoms with Gasteiger partial charge in [-0.3, -0.25) is 14.2 Å². The van der Waals surface area contributed by atoms with Crippen LogP contribution in [-0.4, -0.2) is 39.8 Å². The topological polar surface area (TPSA) is 123 Å². The van der Waals surface area contributed by atoms with Gasteiger partial charge in [0.2, 0.25) is 0 Å². The number of hydrogen-bond acceptors (Lipinski definition) is 8. The molecule has 2 heterocycles. The van der Waals surface area contributed by atoms with Crippen LogP contribution in [0.2, 0.25) is 0 Å². The highest BCUT2D eigenvalue weighted by atomic mass is 16.6. The molecular formula is C19H27N3O6. The van der Waals surface area contributed by atoms with Crippen molar-refractivity contribution in [2.75, 3.05) is 12.3 Å². The largest absolute Gasteiger partial charge is 0.462 e. The molecule has 1 saturated heterocycles. The summed E-state index contributed by atoms with van der Waals surface area (Å²) < 4.78 is 18.2. The molecule has 1 aromatic heterocycles. The van der Waals surface area contributed by atoms with Gasteiger partial charge in [0.15, 0.2) is 5.60 Å². The second-order valence-electron chi connectivity index (χ2n) is 7.35. The Hall–Kier alpha value is -2.68. The molecule has 2 rings (SSSR count). The van der Waals surface area contributed by atoms with Crippen LogP contribution in [0.1, 0.15) is 40.3 Å². The summed E-state index contributed by atoms with van der Waals surface area (Å²) in [7, 11) is 0. The van der Waals surface area contributed by atoms with Crippen LogP contribution < -0.4 is 11.4 Å². The molecule has 28 heavy (non-hydrogen) atoms. The second-order valence-corrected chi connectivity index (χ2v) is 7.35. The average Bonchev–Trinajstić information content (AvgIpc) is 2.97. The van der Waals surface area contributed by atoms with Crippen molar-refractivity contribution in [3.63, 3.8) is 0 Å². The number of carbonyl (C=O) groups excluding carboxylic acids is 2. The highest BCUT2D eigenvalue weighted by Crippen LogP contribution is 2.40. The Morgan fingerprint density at radius 1 is 1.39 bits per heavy atom. The van der Waals surface area contributed by atoms with Crippen LogP contribution in [0.4, 0.5) is 5.82 Å². The Morgan fingerprint density at radius 3 is 2.57 bits per heavy atom. The highest BCUT2D eigenvalue weighted by Gasteiger charge is 2.51. The molecule has 0 bridgehead atoms. The molecule has 2 N–H and O–H groups in total. The molecule has 1 aromatic rings. The summed E-state index contributed by atoms with van der Waals surface area (Å²) in [6.45, 7) is 10.4. The summed E-state index contributed by atoms with van der Waals surface area (Å²) in [5, 5.41) is 0. The van der Waals surface area contributed by atoms with E-state index in [-0.39, 0.29) is 30.7 Å². The first-order valence-corrected chi connectivity index (χ1v) is 9.13. The minimum Gasteiger partial charge on any atom is -0.462 e. The van der Waals surface area contributed by atoms with E-state index in [1.165, 1.54) is 22.9 Å². The van der Waals surface area contributed by atoms with Gasteiger partial charge in [0.1, 0.15) is 24.8 Å². The zero-order valence-corrected chi connectivity index (χ0v) is 16.6. The second kappa shape index (κ2) is 8.55. The van der Waals surface area contributed by atoms with E-state index in [0.29, 0.717) is 0 Å². The van der Waals surface area contributed by atoms with E-state index in [1.807, 2.05) is 0 Å². The van der Waals surface area contributed by atoms with Gasteiger partial charge in [0, 0.05) is 12.6 Å². The predicted molar refractivity (Wildman–Crippen MR) is 101 cm³/mol. The fourth-order valence-electron chi connectivity index (χ4n) is 2.72. The van der Waals surface area contributed by atoms with Gasteiger partial charge in [0.25, 0.3) is 0 Å². The fraction of sp³-hybridized carbons (Fsp3) is 0.579. The van der Waals surface area contributed by atoms with Crippen molar-refractivity contribution in [3.8, 4) is 0 Å². The maximum Gasteiger partial charge on any atom is 0.351 e. The van der Waals surface area contributed by atoms with Crippen molar-refractivity contribution in [3.05, 3.63) is 35.4 Å². The molecule has 0 aromatic carbocycles. The van der Waals surface area contributed by atoms with E-state index in [1.54, 1.807) is 27.7 Å². The third-order valence-corrected chi connectivity index (χ3v) is 4.46. The lowest BCUT2D eigenvalue weighted by Gasteiger charge is -2.31. The Bertz CT molecular complexity index is 803. The molecule has 9 nitrogen and oxygen atoms in total. The fourth-order valence-corrected chi connectivity index (χ4v) is 2.72. The number of anilines is 1. The van der Waals surface area contributed by atoms with Crippen LogP contribution in [0, 0.1) is 11.8 Å². The van der Waals surface area contributed by atoms with Gasteiger partial charge in [-0.05, 0) is 6.07 Å². The van der Waals surface area contributed by atoms with E-state index in [4.69, 9.17) is 19.9 Å². The first-order valence-electron chi connectivity index (χ1n) is 9.13. The zero-order valence-electron chi connectivity index (χ0n) is 16.6. The van der Waals surface area contributed by atoms with E-state index < -0.39 is 35.6 Å². The maximum atomic E-state index is 12.2. The van der Waals surface area contributed by atoms with Crippen LogP contribution in [0.15, 0.2) is 29.7 Å². The molecular weight excluding hydrogens is 366 g/mol. The van der Waals surface area contributed by atoms with Gasteiger partial charge in [-0.1, -0.05) is 40.3 Å². The van der Waals surface area contributed by atoms with Crippen LogP contribution in [0.25, 0.3) is 0 Å². The van der Waals surface area contributed by atoms with E-state index in [9.17, 15) is 14.4 Å². The summed E-state index contributed by atoms with van der Waals surface area (Å²) >= 11 is 0. The molecule has 0 spiro atoms. The summed E-state index contributed by atoms with van der Waals surface area (Å²) in [4.78, 5) is 40.0. The molecule has 0 radical (unpaired) electrons. The molecule has 3 atom stereocenters. The third-order valence-electron chi connectivity index (χ3n) is 4.46. The van der Waals surface area contributed by atoms with Crippen molar-refractivity contribution in [2.45, 2.75) is 52.0 Å². The molecule has 1 fully saturated rings. The number of nitrogens with zero attached hydrogens (tertiary/aromatic N) is 2. The number of carbonyl (C=O) groups is 2. The molecule has 1 aliphatic rings. The van der Waals surface area contributed by atoms with Crippen molar-refractivity contribution < 1.29 is 23.8 Å². The lowest BCUT2D eigenvalue weighted by molar-refractivity contribution is -0.172. The number of nitrogen functional groups attached to an aromatic ring is 1. The Labute approximate surface area is 163 Å². The third kappa shape index (κ3) is 4.59. The van der Waals surface area contributed by atoms with Crippen molar-refractivity contribution in [1.82, 2.24) is 9.55 Å². The van der Waals surface area contributed by atoms with Crippen LogP contribution in [-0.2, 0) is 23.8 Å². The van der Waals surface area contributed by atoms with E-state index in [0.717, 1.165) is 0 Å². The monoisotopic (exact) mass is 393 g/mol. The van der Waals surface area contributed by atoms with Crippen LogP contribution in [0.5, 0.6) is 0 Å². The highest BCUT2D eigenvalue weighted by molar-refractivity contribution is 5.72. The van der Waals surface area contributed by atoms with E-state index in [2.05, 4.69) is 11.6 Å². The molecule has 0 unspecified atom stereocenters. The Morgan fingerprint density at radius 2 is 2.04 bits per heavy atom. The Balaban J connectivity index is 2.34. The number of esters is 2. The lowest BCUT2D eigenvalue weighted by atomic mass is 9.97. The van der Waals surface area contributed by atoms with Gasteiger partial charge >= 0.3 is 17.6 Å². The zero-order chi connectivity index (χ0) is 21.1.